The molecule has 3 aromatic carbocycles. The van der Waals surface area contributed by atoms with Gasteiger partial charge in [0.1, 0.15) is 5.70 Å². The van der Waals surface area contributed by atoms with Gasteiger partial charge in [-0.05, 0) is 42.0 Å². The Labute approximate surface area is 189 Å². The summed E-state index contributed by atoms with van der Waals surface area (Å²) in [7, 11) is 0. The number of benzene rings is 3. The van der Waals surface area contributed by atoms with Crippen LogP contribution in [0.3, 0.4) is 0 Å². The number of hydrogen-bond acceptors (Lipinski definition) is 3. The first kappa shape index (κ1) is 20.3. The molecule has 0 bridgehead atoms. The van der Waals surface area contributed by atoms with E-state index in [1.165, 1.54) is 0 Å². The Balaban J connectivity index is 1.52. The minimum atomic E-state index is -0.974. The monoisotopic (exact) mass is 437 g/mol. The van der Waals surface area contributed by atoms with Crippen LogP contribution < -0.4 is 10.2 Å². The number of imide groups is 1. The average molecular weight is 437 g/mol. The molecule has 0 unspecified atom stereocenters. The van der Waals surface area contributed by atoms with Gasteiger partial charge in [-0.3, -0.25) is 4.79 Å². The molecule has 7 nitrogen and oxygen atoms in total. The van der Waals surface area contributed by atoms with E-state index in [1.807, 2.05) is 47.2 Å². The Bertz CT molecular complexity index is 1440. The molecule has 1 fully saturated rings. The third-order valence-corrected chi connectivity index (χ3v) is 5.54. The van der Waals surface area contributed by atoms with Crippen molar-refractivity contribution in [2.45, 2.75) is 6.54 Å². The smallest absolute Gasteiger partial charge is 0.335 e. The van der Waals surface area contributed by atoms with Gasteiger partial charge in [-0.2, -0.15) is 0 Å². The maximum atomic E-state index is 13.0. The summed E-state index contributed by atoms with van der Waals surface area (Å²) in [5.41, 5.74) is 3.48. The number of nitrogens with zero attached hydrogens (tertiary/aromatic N) is 2. The van der Waals surface area contributed by atoms with Crippen molar-refractivity contribution in [2.75, 3.05) is 4.90 Å². The van der Waals surface area contributed by atoms with Crippen LogP contribution in [0, 0.1) is 0 Å². The van der Waals surface area contributed by atoms with E-state index in [0.29, 0.717) is 12.2 Å². The highest BCUT2D eigenvalue weighted by Gasteiger charge is 2.34. The van der Waals surface area contributed by atoms with Gasteiger partial charge in [-0.25, -0.2) is 14.5 Å². The van der Waals surface area contributed by atoms with E-state index in [2.05, 4.69) is 5.32 Å². The van der Waals surface area contributed by atoms with E-state index < -0.39 is 17.9 Å². The van der Waals surface area contributed by atoms with Crippen LogP contribution in [-0.4, -0.2) is 27.6 Å². The van der Waals surface area contributed by atoms with Gasteiger partial charge in [0.25, 0.3) is 5.91 Å². The van der Waals surface area contributed by atoms with E-state index in [9.17, 15) is 19.5 Å². The molecule has 1 aliphatic rings. The lowest BCUT2D eigenvalue weighted by molar-refractivity contribution is -0.113. The molecule has 1 aliphatic heterocycles. The van der Waals surface area contributed by atoms with E-state index in [1.54, 1.807) is 48.5 Å². The van der Waals surface area contributed by atoms with Crippen molar-refractivity contribution < 1.29 is 19.5 Å². The van der Waals surface area contributed by atoms with Crippen LogP contribution in [0.5, 0.6) is 0 Å². The number of nitrogens with one attached hydrogen (secondary N) is 1. The van der Waals surface area contributed by atoms with Gasteiger partial charge in [-0.1, -0.05) is 48.5 Å². The molecule has 7 heteroatoms. The number of carboxylic acids is 1. The lowest BCUT2D eigenvalue weighted by Gasteiger charge is -2.10. The van der Waals surface area contributed by atoms with E-state index in [4.69, 9.17) is 0 Å². The highest BCUT2D eigenvalue weighted by molar-refractivity contribution is 6.28. The second-order valence-electron chi connectivity index (χ2n) is 7.70. The highest BCUT2D eigenvalue weighted by Crippen LogP contribution is 2.27. The summed E-state index contributed by atoms with van der Waals surface area (Å²) in [5.74, 6) is -1.39. The molecule has 0 aliphatic carbocycles. The van der Waals surface area contributed by atoms with Gasteiger partial charge in [0.05, 0.1) is 11.3 Å². The predicted molar refractivity (Wildman–Crippen MR) is 125 cm³/mol. The molecule has 3 amide bonds. The number of urea groups is 1. The normalized spacial score (nSPS) is 14.8. The summed E-state index contributed by atoms with van der Waals surface area (Å²) in [6.07, 6.45) is 3.57. The first-order valence-electron chi connectivity index (χ1n) is 10.3. The lowest BCUT2D eigenvalue weighted by atomic mass is 10.1. The Kier molecular flexibility index (Phi) is 4.99. The van der Waals surface area contributed by atoms with Crippen LogP contribution in [0.15, 0.2) is 90.8 Å². The minimum absolute atomic E-state index is 0.194. The number of aromatic nitrogens is 1. The molecule has 1 saturated heterocycles. The molecular formula is C26H19N3O4. The van der Waals surface area contributed by atoms with Crippen molar-refractivity contribution in [3.05, 3.63) is 107 Å². The van der Waals surface area contributed by atoms with Gasteiger partial charge in [0.15, 0.2) is 0 Å². The summed E-state index contributed by atoms with van der Waals surface area (Å²) in [6, 6.07) is 22.8. The number of aromatic carboxylic acids is 1. The second kappa shape index (κ2) is 8.12. The van der Waals surface area contributed by atoms with E-state index >= 15 is 0 Å². The third kappa shape index (κ3) is 3.76. The maximum Gasteiger partial charge on any atom is 0.335 e. The van der Waals surface area contributed by atoms with Crippen molar-refractivity contribution in [1.82, 2.24) is 9.88 Å². The number of amides is 3. The van der Waals surface area contributed by atoms with Gasteiger partial charge in [-0.15, -0.1) is 0 Å². The van der Waals surface area contributed by atoms with Crippen LogP contribution in [0.4, 0.5) is 10.5 Å². The number of hydrogen-bond donors (Lipinski definition) is 2. The standard InChI is InChI=1S/C26H19N3O4/c30-24-22(27-26(33)29(24)20-9-2-1-3-10-20)14-19-16-28(23-12-5-4-11-21(19)23)15-17-7-6-8-18(13-17)25(31)32/h1-14,16H,15H2,(H,27,33)(H,31,32)/b22-14+. The molecule has 0 radical (unpaired) electrons. The molecule has 0 spiro atoms. The number of carbonyl (C=O) groups is 3. The molecule has 162 valence electrons. The van der Waals surface area contributed by atoms with E-state index in [0.717, 1.165) is 26.9 Å². The SMILES string of the molecule is O=C(O)c1cccc(Cn2cc(/C=C3/NC(=O)N(c4ccccc4)C3=O)c3ccccc32)c1. The summed E-state index contributed by atoms with van der Waals surface area (Å²) in [4.78, 5) is 37.9. The molecule has 2 heterocycles. The van der Waals surface area contributed by atoms with Crippen molar-refractivity contribution in [1.29, 1.82) is 0 Å². The van der Waals surface area contributed by atoms with Crippen molar-refractivity contribution in [3.63, 3.8) is 0 Å². The molecule has 4 aromatic rings. The predicted octanol–water partition coefficient (Wildman–Crippen LogP) is 4.49. The summed E-state index contributed by atoms with van der Waals surface area (Å²) in [5, 5.41) is 12.9. The number of rotatable bonds is 5. The Morgan fingerprint density at radius 1 is 0.939 bits per heavy atom. The van der Waals surface area contributed by atoms with Crippen LogP contribution in [0.25, 0.3) is 17.0 Å². The first-order chi connectivity index (χ1) is 16.0. The summed E-state index contributed by atoms with van der Waals surface area (Å²) < 4.78 is 2.00. The van der Waals surface area contributed by atoms with Crippen molar-refractivity contribution >= 4 is 40.6 Å². The molecule has 1 aromatic heterocycles. The van der Waals surface area contributed by atoms with Gasteiger partial charge in [0, 0.05) is 29.2 Å². The molecule has 2 N–H and O–H groups in total. The zero-order chi connectivity index (χ0) is 22.9. The number of carboxylic acid groups (broad SMARTS) is 1. The number of anilines is 1. The van der Waals surface area contributed by atoms with Crippen molar-refractivity contribution in [2.24, 2.45) is 0 Å². The molecular weight excluding hydrogens is 418 g/mol. The zero-order valence-corrected chi connectivity index (χ0v) is 17.4. The van der Waals surface area contributed by atoms with Crippen LogP contribution in [0.1, 0.15) is 21.5 Å². The van der Waals surface area contributed by atoms with Gasteiger partial charge >= 0.3 is 12.0 Å². The largest absolute Gasteiger partial charge is 0.478 e. The zero-order valence-electron chi connectivity index (χ0n) is 17.4. The molecule has 0 saturated carbocycles. The minimum Gasteiger partial charge on any atom is -0.478 e. The first-order valence-corrected chi connectivity index (χ1v) is 10.3. The van der Waals surface area contributed by atoms with Gasteiger partial charge in [0.2, 0.25) is 0 Å². The fraction of sp³-hybridized carbons (Fsp3) is 0.0385. The maximum absolute atomic E-state index is 13.0. The van der Waals surface area contributed by atoms with Crippen LogP contribution in [0.2, 0.25) is 0 Å². The second-order valence-corrected chi connectivity index (χ2v) is 7.70. The Morgan fingerprint density at radius 3 is 2.48 bits per heavy atom. The highest BCUT2D eigenvalue weighted by atomic mass is 16.4. The van der Waals surface area contributed by atoms with E-state index in [-0.39, 0.29) is 11.3 Å². The molecule has 33 heavy (non-hydrogen) atoms. The third-order valence-electron chi connectivity index (χ3n) is 5.54. The fourth-order valence-corrected chi connectivity index (χ4v) is 4.02. The quantitative estimate of drug-likeness (QED) is 0.356. The van der Waals surface area contributed by atoms with Crippen molar-refractivity contribution in [3.8, 4) is 0 Å². The topological polar surface area (TPSA) is 91.6 Å². The number of fused-ring (bicyclic) bond motifs is 1. The lowest BCUT2D eigenvalue weighted by Crippen LogP contribution is -2.30. The molecule has 5 rings (SSSR count). The van der Waals surface area contributed by atoms with Crippen LogP contribution >= 0.6 is 0 Å². The Hall–Kier alpha value is -4.65. The average Bonchev–Trinajstić information content (AvgIpc) is 3.31. The molecule has 0 atom stereocenters. The van der Waals surface area contributed by atoms with Gasteiger partial charge < -0.3 is 15.0 Å². The summed E-state index contributed by atoms with van der Waals surface area (Å²) >= 11 is 0. The number of carbonyl (C=O) groups excluding carboxylic acids is 2. The summed E-state index contributed by atoms with van der Waals surface area (Å²) in [6.45, 7) is 0.460. The Morgan fingerprint density at radius 2 is 1.70 bits per heavy atom. The fourth-order valence-electron chi connectivity index (χ4n) is 4.02. The number of para-hydroxylation sites is 2. The van der Waals surface area contributed by atoms with Crippen LogP contribution in [-0.2, 0) is 11.3 Å².